The number of nitrogens with zero attached hydrogens (tertiary/aromatic N) is 1. The molecule has 0 radical (unpaired) electrons. The number of rotatable bonds is 4. The van der Waals surface area contributed by atoms with E-state index in [2.05, 4.69) is 14.8 Å². The largest absolute Gasteiger partial charge is 0.434 e. The summed E-state index contributed by atoms with van der Waals surface area (Å²) in [5, 5.41) is 6.30. The SMILES string of the molecule is CC(C)(C)OP(=O)(Nc1ccon1)OC(C)(C)C. The molecule has 1 aromatic rings. The molecule has 0 aliphatic carbocycles. The highest BCUT2D eigenvalue weighted by atomic mass is 31.2. The predicted octanol–water partition coefficient (Wildman–Crippen LogP) is 3.82. The molecule has 0 unspecified atom stereocenters. The van der Waals surface area contributed by atoms with E-state index < -0.39 is 18.9 Å². The third-order valence-electron chi connectivity index (χ3n) is 1.48. The second-order valence-electron chi connectivity index (χ2n) is 5.90. The van der Waals surface area contributed by atoms with E-state index in [-0.39, 0.29) is 0 Å². The second kappa shape index (κ2) is 5.03. The zero-order valence-electron chi connectivity index (χ0n) is 11.7. The fourth-order valence-electron chi connectivity index (χ4n) is 1.20. The van der Waals surface area contributed by atoms with Crippen molar-refractivity contribution in [1.29, 1.82) is 0 Å². The molecular weight excluding hydrogens is 255 g/mol. The van der Waals surface area contributed by atoms with Gasteiger partial charge in [0, 0.05) is 6.07 Å². The van der Waals surface area contributed by atoms with Crippen molar-refractivity contribution in [3.8, 4) is 0 Å². The lowest BCUT2D eigenvalue weighted by molar-refractivity contribution is 0.0518. The summed E-state index contributed by atoms with van der Waals surface area (Å²) in [5.74, 6) is 0.312. The van der Waals surface area contributed by atoms with E-state index in [9.17, 15) is 4.57 Å². The minimum Gasteiger partial charge on any atom is -0.363 e. The molecule has 1 aromatic heterocycles. The van der Waals surface area contributed by atoms with Gasteiger partial charge in [0.05, 0.1) is 11.2 Å². The number of hydrogen-bond acceptors (Lipinski definition) is 5. The minimum absolute atomic E-state index is 0.312. The molecule has 18 heavy (non-hydrogen) atoms. The molecule has 1 heterocycles. The Balaban J connectivity index is 2.90. The molecule has 0 amide bonds. The first-order valence-electron chi connectivity index (χ1n) is 5.69. The molecule has 0 aromatic carbocycles. The van der Waals surface area contributed by atoms with Gasteiger partial charge in [-0.15, -0.1) is 0 Å². The number of nitrogens with one attached hydrogen (secondary N) is 1. The summed E-state index contributed by atoms with van der Waals surface area (Å²) >= 11 is 0. The number of anilines is 1. The maximum atomic E-state index is 12.7. The van der Waals surface area contributed by atoms with Crippen LogP contribution in [-0.2, 0) is 13.6 Å². The van der Waals surface area contributed by atoms with Crippen LogP contribution in [-0.4, -0.2) is 16.4 Å². The average molecular weight is 276 g/mol. The van der Waals surface area contributed by atoms with Crippen LogP contribution in [0.25, 0.3) is 0 Å². The number of hydrogen-bond donors (Lipinski definition) is 1. The molecule has 0 atom stereocenters. The smallest absolute Gasteiger partial charge is 0.363 e. The first-order valence-corrected chi connectivity index (χ1v) is 7.24. The molecule has 7 heteroatoms. The molecule has 0 aliphatic heterocycles. The van der Waals surface area contributed by atoms with Crippen LogP contribution in [0.15, 0.2) is 16.9 Å². The van der Waals surface area contributed by atoms with Gasteiger partial charge in [-0.2, -0.15) is 0 Å². The molecule has 0 spiro atoms. The molecule has 0 saturated carbocycles. The Morgan fingerprint density at radius 3 is 2.00 bits per heavy atom. The van der Waals surface area contributed by atoms with Gasteiger partial charge in [0.15, 0.2) is 5.82 Å². The van der Waals surface area contributed by atoms with Crippen molar-refractivity contribution in [1.82, 2.24) is 5.16 Å². The van der Waals surface area contributed by atoms with Crippen molar-refractivity contribution in [3.63, 3.8) is 0 Å². The molecule has 1 N–H and O–H groups in total. The first kappa shape index (κ1) is 15.2. The van der Waals surface area contributed by atoms with Gasteiger partial charge in [-0.1, -0.05) is 5.16 Å². The summed E-state index contributed by atoms with van der Waals surface area (Å²) in [7, 11) is -3.52. The van der Waals surface area contributed by atoms with Gasteiger partial charge >= 0.3 is 7.75 Å². The van der Waals surface area contributed by atoms with Gasteiger partial charge in [0.2, 0.25) is 0 Å². The van der Waals surface area contributed by atoms with Crippen molar-refractivity contribution in [2.24, 2.45) is 0 Å². The van der Waals surface area contributed by atoms with Crippen LogP contribution in [0.3, 0.4) is 0 Å². The van der Waals surface area contributed by atoms with Crippen LogP contribution in [0, 0.1) is 0 Å². The molecule has 0 saturated heterocycles. The third-order valence-corrected chi connectivity index (χ3v) is 3.56. The molecule has 0 fully saturated rings. The molecule has 0 bridgehead atoms. The topological polar surface area (TPSA) is 73.6 Å². The molecule has 0 aliphatic rings. The molecule has 6 nitrogen and oxygen atoms in total. The zero-order chi connectivity index (χ0) is 14.0. The van der Waals surface area contributed by atoms with Gasteiger partial charge in [0.25, 0.3) is 0 Å². The zero-order valence-corrected chi connectivity index (χ0v) is 12.6. The van der Waals surface area contributed by atoms with Crippen LogP contribution in [0.1, 0.15) is 41.5 Å². The van der Waals surface area contributed by atoms with Crippen molar-refractivity contribution in [2.75, 3.05) is 5.09 Å². The van der Waals surface area contributed by atoms with E-state index in [0.29, 0.717) is 5.82 Å². The standard InChI is InChI=1S/C11H21N2O4P/c1-10(2,3)16-18(14,17-11(4,5)6)13-9-7-8-15-12-9/h7-8H,1-6H3,(H,12,13,14). The Kier molecular flexibility index (Phi) is 4.26. The monoisotopic (exact) mass is 276 g/mol. The maximum Gasteiger partial charge on any atom is 0.434 e. The van der Waals surface area contributed by atoms with E-state index in [4.69, 9.17) is 9.05 Å². The molecule has 104 valence electrons. The highest BCUT2D eigenvalue weighted by Gasteiger charge is 2.36. The lowest BCUT2D eigenvalue weighted by Gasteiger charge is -2.31. The maximum absolute atomic E-state index is 12.7. The summed E-state index contributed by atoms with van der Waals surface area (Å²) in [6.07, 6.45) is 1.38. The van der Waals surface area contributed by atoms with Crippen LogP contribution < -0.4 is 5.09 Å². The Bertz CT molecular complexity index is 397. The van der Waals surface area contributed by atoms with Crippen molar-refractivity contribution in [3.05, 3.63) is 12.3 Å². The van der Waals surface area contributed by atoms with E-state index >= 15 is 0 Å². The quantitative estimate of drug-likeness (QED) is 0.842. The van der Waals surface area contributed by atoms with Crippen LogP contribution in [0.4, 0.5) is 5.82 Å². The van der Waals surface area contributed by atoms with Gasteiger partial charge in [-0.05, 0) is 41.5 Å². The van der Waals surface area contributed by atoms with Crippen LogP contribution in [0.5, 0.6) is 0 Å². The molecule has 1 rings (SSSR count). The number of aromatic nitrogens is 1. The van der Waals surface area contributed by atoms with E-state index in [1.54, 1.807) is 47.6 Å². The summed E-state index contributed by atoms with van der Waals surface area (Å²) in [6, 6.07) is 1.55. The second-order valence-corrected chi connectivity index (χ2v) is 7.48. The lowest BCUT2D eigenvalue weighted by Crippen LogP contribution is -2.26. The van der Waals surface area contributed by atoms with Gasteiger partial charge < -0.3 is 4.52 Å². The summed E-state index contributed by atoms with van der Waals surface area (Å²) < 4.78 is 28.4. The summed E-state index contributed by atoms with van der Waals surface area (Å²) in [6.45, 7) is 10.8. The summed E-state index contributed by atoms with van der Waals surface area (Å²) in [4.78, 5) is 0. The van der Waals surface area contributed by atoms with Crippen molar-refractivity contribution in [2.45, 2.75) is 52.7 Å². The highest BCUT2D eigenvalue weighted by molar-refractivity contribution is 7.55. The first-order chi connectivity index (χ1) is 7.99. The Morgan fingerprint density at radius 2 is 1.67 bits per heavy atom. The Hall–Kier alpha value is -0.840. The van der Waals surface area contributed by atoms with Crippen molar-refractivity contribution >= 4 is 13.6 Å². The minimum atomic E-state index is -3.52. The van der Waals surface area contributed by atoms with Crippen LogP contribution >= 0.6 is 7.75 Å². The van der Waals surface area contributed by atoms with Crippen LogP contribution in [0.2, 0.25) is 0 Å². The van der Waals surface area contributed by atoms with E-state index in [0.717, 1.165) is 0 Å². The molecular formula is C11H21N2O4P. The van der Waals surface area contributed by atoms with Gasteiger partial charge in [-0.25, -0.2) is 4.57 Å². The summed E-state index contributed by atoms with van der Waals surface area (Å²) in [5.41, 5.74) is -1.23. The van der Waals surface area contributed by atoms with Crippen molar-refractivity contribution < 1.29 is 18.1 Å². The Morgan fingerprint density at radius 1 is 1.17 bits per heavy atom. The average Bonchev–Trinajstić information content (AvgIpc) is 2.46. The normalized spacial score (nSPS) is 13.7. The van der Waals surface area contributed by atoms with Gasteiger partial charge in [-0.3, -0.25) is 14.1 Å². The fraction of sp³-hybridized carbons (Fsp3) is 0.727. The predicted molar refractivity (Wildman–Crippen MR) is 69.4 cm³/mol. The van der Waals surface area contributed by atoms with E-state index in [1.165, 1.54) is 6.26 Å². The van der Waals surface area contributed by atoms with E-state index in [1.807, 2.05) is 0 Å². The van der Waals surface area contributed by atoms with Gasteiger partial charge in [0.1, 0.15) is 6.26 Å². The highest BCUT2D eigenvalue weighted by Crippen LogP contribution is 2.53. The lowest BCUT2D eigenvalue weighted by atomic mass is 10.2. The fourth-order valence-corrected chi connectivity index (χ4v) is 3.16. The Labute approximate surface area is 108 Å². The third kappa shape index (κ3) is 5.67.